The fourth-order valence-corrected chi connectivity index (χ4v) is 4.25. The number of alkyl halides is 3. The number of rotatable bonds is 4. The van der Waals surface area contributed by atoms with Gasteiger partial charge in [-0.05, 0) is 42.9 Å². The molecule has 7 heteroatoms. The highest BCUT2D eigenvalue weighted by Crippen LogP contribution is 2.41. The number of carbonyl (C=O) groups excluding carboxylic acids is 1. The molecule has 158 valence electrons. The molecule has 30 heavy (non-hydrogen) atoms. The average Bonchev–Trinajstić information content (AvgIpc) is 2.71. The fourth-order valence-electron chi connectivity index (χ4n) is 4.25. The van der Waals surface area contributed by atoms with Crippen molar-refractivity contribution in [2.75, 3.05) is 0 Å². The first-order valence-corrected chi connectivity index (χ1v) is 9.95. The summed E-state index contributed by atoms with van der Waals surface area (Å²) in [5.74, 6) is -0.213. The summed E-state index contributed by atoms with van der Waals surface area (Å²) in [6.45, 7) is 0.189. The smallest absolute Gasteiger partial charge is 0.445 e. The molecule has 0 saturated carbocycles. The van der Waals surface area contributed by atoms with Crippen molar-refractivity contribution in [1.82, 2.24) is 4.90 Å². The summed E-state index contributed by atoms with van der Waals surface area (Å²) in [7, 11) is 0. The molecule has 4 nitrogen and oxygen atoms in total. The largest absolute Gasteiger partial charge is 0.573 e. The van der Waals surface area contributed by atoms with Crippen LogP contribution in [0.1, 0.15) is 36.8 Å². The van der Waals surface area contributed by atoms with Gasteiger partial charge in [0.1, 0.15) is 12.4 Å². The lowest BCUT2D eigenvalue weighted by molar-refractivity contribution is -0.274. The van der Waals surface area contributed by atoms with Crippen LogP contribution in [0.15, 0.2) is 60.7 Å². The highest BCUT2D eigenvalue weighted by Gasteiger charge is 2.39. The molecule has 1 saturated heterocycles. The van der Waals surface area contributed by atoms with Crippen LogP contribution < -0.4 is 4.74 Å². The van der Waals surface area contributed by atoms with E-state index in [0.717, 1.165) is 30.4 Å². The van der Waals surface area contributed by atoms with Crippen LogP contribution in [0.4, 0.5) is 18.0 Å². The Balaban J connectivity index is 1.53. The molecule has 2 heterocycles. The highest BCUT2D eigenvalue weighted by molar-refractivity contribution is 5.76. The Morgan fingerprint density at radius 3 is 2.50 bits per heavy atom. The predicted octanol–water partition coefficient (Wildman–Crippen LogP) is 5.93. The van der Waals surface area contributed by atoms with Gasteiger partial charge in [0.2, 0.25) is 0 Å². The molecule has 2 aliphatic rings. The van der Waals surface area contributed by atoms with E-state index in [9.17, 15) is 18.0 Å². The Morgan fingerprint density at radius 2 is 1.77 bits per heavy atom. The molecule has 2 aromatic rings. The maximum Gasteiger partial charge on any atom is 0.573 e. The van der Waals surface area contributed by atoms with Crippen molar-refractivity contribution in [1.29, 1.82) is 0 Å². The van der Waals surface area contributed by atoms with Gasteiger partial charge in [0.15, 0.2) is 0 Å². The number of amides is 1. The lowest BCUT2D eigenvalue weighted by Crippen LogP contribution is -2.51. The van der Waals surface area contributed by atoms with E-state index in [0.29, 0.717) is 12.0 Å². The molecular formula is C23H22F3NO3. The third-order valence-corrected chi connectivity index (χ3v) is 5.51. The molecule has 1 amide bonds. The molecule has 0 aromatic heterocycles. The second-order valence-corrected chi connectivity index (χ2v) is 7.54. The van der Waals surface area contributed by atoms with Crippen molar-refractivity contribution in [3.05, 3.63) is 71.8 Å². The minimum absolute atomic E-state index is 0.106. The molecule has 0 aliphatic carbocycles. The Morgan fingerprint density at radius 1 is 1.03 bits per heavy atom. The van der Waals surface area contributed by atoms with Gasteiger partial charge in [0.05, 0.1) is 6.04 Å². The predicted molar refractivity (Wildman–Crippen MR) is 106 cm³/mol. The summed E-state index contributed by atoms with van der Waals surface area (Å²) < 4.78 is 48.1. The van der Waals surface area contributed by atoms with Crippen LogP contribution in [0.2, 0.25) is 0 Å². The van der Waals surface area contributed by atoms with Gasteiger partial charge >= 0.3 is 12.5 Å². The Bertz CT molecular complexity index is 927. The summed E-state index contributed by atoms with van der Waals surface area (Å²) in [6.07, 6.45) is -0.285. The molecule has 2 bridgehead atoms. The number of halogens is 3. The average molecular weight is 417 g/mol. The van der Waals surface area contributed by atoms with E-state index in [1.54, 1.807) is 17.0 Å². The molecule has 2 aromatic carbocycles. The van der Waals surface area contributed by atoms with E-state index < -0.39 is 6.36 Å². The number of para-hydroxylation sites is 1. The van der Waals surface area contributed by atoms with Crippen LogP contribution in [0, 0.1) is 0 Å². The van der Waals surface area contributed by atoms with Crippen molar-refractivity contribution in [3.8, 4) is 5.75 Å². The minimum atomic E-state index is -4.76. The van der Waals surface area contributed by atoms with Crippen LogP contribution in [0.5, 0.6) is 5.75 Å². The summed E-state index contributed by atoms with van der Waals surface area (Å²) in [5, 5.41) is 0. The highest BCUT2D eigenvalue weighted by atomic mass is 19.4. The molecule has 1 fully saturated rings. The lowest BCUT2D eigenvalue weighted by atomic mass is 9.83. The number of carbonyl (C=O) groups is 1. The molecule has 0 N–H and O–H groups in total. The normalized spacial score (nSPS) is 21.0. The van der Waals surface area contributed by atoms with Crippen LogP contribution in [0.25, 0.3) is 5.57 Å². The topological polar surface area (TPSA) is 38.8 Å². The van der Waals surface area contributed by atoms with Gasteiger partial charge in [-0.3, -0.25) is 4.90 Å². The van der Waals surface area contributed by atoms with E-state index in [-0.39, 0.29) is 30.5 Å². The Kier molecular flexibility index (Phi) is 5.70. The number of hydrogen-bond donors (Lipinski definition) is 0. The van der Waals surface area contributed by atoms with Crippen LogP contribution >= 0.6 is 0 Å². The number of nitrogens with zero attached hydrogens (tertiary/aromatic N) is 1. The quantitative estimate of drug-likeness (QED) is 0.619. The van der Waals surface area contributed by atoms with Crippen LogP contribution in [0.3, 0.4) is 0 Å². The van der Waals surface area contributed by atoms with Crippen LogP contribution in [-0.4, -0.2) is 29.4 Å². The molecule has 0 spiro atoms. The van der Waals surface area contributed by atoms with Crippen molar-refractivity contribution < 1.29 is 27.4 Å². The molecule has 2 atom stereocenters. The van der Waals surface area contributed by atoms with Crippen LogP contribution in [-0.2, 0) is 11.3 Å². The van der Waals surface area contributed by atoms with Crippen molar-refractivity contribution in [2.24, 2.45) is 0 Å². The zero-order valence-corrected chi connectivity index (χ0v) is 16.3. The number of hydrogen-bond acceptors (Lipinski definition) is 3. The third-order valence-electron chi connectivity index (χ3n) is 5.51. The molecular weight excluding hydrogens is 395 g/mol. The first-order valence-electron chi connectivity index (χ1n) is 9.95. The first-order chi connectivity index (χ1) is 14.4. The van der Waals surface area contributed by atoms with Crippen molar-refractivity contribution >= 4 is 11.7 Å². The number of fused-ring (bicyclic) bond motifs is 2. The van der Waals surface area contributed by atoms with E-state index in [1.165, 1.54) is 12.1 Å². The van der Waals surface area contributed by atoms with Gasteiger partial charge in [-0.2, -0.15) is 0 Å². The zero-order chi connectivity index (χ0) is 21.1. The second-order valence-electron chi connectivity index (χ2n) is 7.54. The van der Waals surface area contributed by atoms with E-state index in [2.05, 4.69) is 4.74 Å². The molecule has 2 aliphatic heterocycles. The molecule has 2 unspecified atom stereocenters. The molecule has 0 radical (unpaired) electrons. The van der Waals surface area contributed by atoms with Crippen molar-refractivity contribution in [2.45, 2.75) is 50.7 Å². The van der Waals surface area contributed by atoms with E-state index in [1.807, 2.05) is 36.4 Å². The maximum absolute atomic E-state index is 12.8. The van der Waals surface area contributed by atoms with Gasteiger partial charge < -0.3 is 9.47 Å². The van der Waals surface area contributed by atoms with E-state index >= 15 is 0 Å². The first kappa shape index (κ1) is 20.3. The summed E-state index contributed by atoms with van der Waals surface area (Å²) in [4.78, 5) is 14.5. The number of ether oxygens (including phenoxy) is 2. The van der Waals surface area contributed by atoms with E-state index in [4.69, 9.17) is 4.74 Å². The summed E-state index contributed by atoms with van der Waals surface area (Å²) >= 11 is 0. The van der Waals surface area contributed by atoms with Gasteiger partial charge in [0.25, 0.3) is 0 Å². The number of benzene rings is 2. The van der Waals surface area contributed by atoms with Gasteiger partial charge in [0, 0.05) is 11.6 Å². The Hall–Kier alpha value is -2.96. The third kappa shape index (κ3) is 4.61. The lowest BCUT2D eigenvalue weighted by Gasteiger charge is -2.44. The Labute approximate surface area is 172 Å². The maximum atomic E-state index is 12.8. The standard InChI is InChI=1S/C23H22F3NO3/c24-23(25,26)30-21-12-5-4-11-20(21)17-13-18-9-6-10-19(14-17)27(18)22(28)29-15-16-7-2-1-3-8-16/h1-5,7-8,11-13,18-19H,6,9-10,14-15H2. The SMILES string of the molecule is O=C(OCc1ccccc1)N1C2C=C(c3ccccc3OC(F)(F)F)CC1CCC2. The zero-order valence-electron chi connectivity index (χ0n) is 16.3. The fraction of sp³-hybridized carbons (Fsp3) is 0.348. The summed E-state index contributed by atoms with van der Waals surface area (Å²) in [6, 6.07) is 15.3. The van der Waals surface area contributed by atoms with Crippen molar-refractivity contribution in [3.63, 3.8) is 0 Å². The van der Waals surface area contributed by atoms with Gasteiger partial charge in [-0.25, -0.2) is 4.79 Å². The monoisotopic (exact) mass is 417 g/mol. The van der Waals surface area contributed by atoms with Gasteiger partial charge in [-0.1, -0.05) is 54.6 Å². The minimum Gasteiger partial charge on any atom is -0.445 e. The second kappa shape index (κ2) is 8.42. The number of piperidine rings is 1. The van der Waals surface area contributed by atoms with Gasteiger partial charge in [-0.15, -0.1) is 13.2 Å². The molecule has 4 rings (SSSR count). The summed E-state index contributed by atoms with van der Waals surface area (Å²) in [5.41, 5.74) is 2.10.